The number of carbonyl (C=O) groups excluding carboxylic acids is 1. The minimum absolute atomic E-state index is 0.149. The Morgan fingerprint density at radius 2 is 1.15 bits per heavy atom. The number of nitrogens with zero attached hydrogens (tertiary/aromatic N) is 1. The molecule has 3 heteroatoms. The summed E-state index contributed by atoms with van der Waals surface area (Å²) in [6.45, 7) is 0. The summed E-state index contributed by atoms with van der Waals surface area (Å²) in [5.41, 5.74) is 4.91. The highest BCUT2D eigenvalue weighted by Gasteiger charge is 2.24. The van der Waals surface area contributed by atoms with Gasteiger partial charge in [0, 0.05) is 27.4 Å². The fourth-order valence-corrected chi connectivity index (χ4v) is 4.59. The molecule has 5 aromatic rings. The molecule has 3 aromatic carbocycles. The van der Waals surface area contributed by atoms with Crippen LogP contribution in [-0.2, 0) is 0 Å². The van der Waals surface area contributed by atoms with Crippen LogP contribution in [0.5, 0.6) is 0 Å². The highest BCUT2D eigenvalue weighted by molar-refractivity contribution is 7.25. The summed E-state index contributed by atoms with van der Waals surface area (Å²) in [6, 6.07) is 28.0. The Hall–Kier alpha value is -3.30. The predicted molar refractivity (Wildman–Crippen MR) is 112 cm³/mol. The number of carbonyl (C=O) groups is 1. The predicted octanol–water partition coefficient (Wildman–Crippen LogP) is 6.35. The molecule has 27 heavy (non-hydrogen) atoms. The van der Waals surface area contributed by atoms with Crippen LogP contribution in [0.3, 0.4) is 0 Å². The van der Waals surface area contributed by atoms with Crippen molar-refractivity contribution in [2.45, 2.75) is 0 Å². The lowest BCUT2D eigenvalue weighted by Crippen LogP contribution is -1.93. The molecular weight excluding hydrogens is 350 g/mol. The molecule has 0 aliphatic heterocycles. The molecular formula is C24H15NOS. The topological polar surface area (TPSA) is 30.0 Å². The lowest BCUT2D eigenvalue weighted by Gasteiger charge is -1.96. The lowest BCUT2D eigenvalue weighted by molar-refractivity contribution is 0.104. The summed E-state index contributed by atoms with van der Waals surface area (Å²) in [7, 11) is 0. The van der Waals surface area contributed by atoms with E-state index < -0.39 is 0 Å². The van der Waals surface area contributed by atoms with Gasteiger partial charge in [-0.15, -0.1) is 11.3 Å². The van der Waals surface area contributed by atoms with E-state index in [1.807, 2.05) is 60.8 Å². The second-order valence-corrected chi connectivity index (χ2v) is 7.45. The summed E-state index contributed by atoms with van der Waals surface area (Å²) >= 11 is 1.80. The summed E-state index contributed by atoms with van der Waals surface area (Å²) in [5, 5.41) is 1.27. The van der Waals surface area contributed by atoms with Crippen molar-refractivity contribution in [3.63, 3.8) is 0 Å². The van der Waals surface area contributed by atoms with Gasteiger partial charge in [0.05, 0.1) is 10.2 Å². The molecule has 2 heterocycles. The van der Waals surface area contributed by atoms with Crippen molar-refractivity contribution < 1.29 is 4.79 Å². The van der Waals surface area contributed by atoms with Gasteiger partial charge in [-0.25, -0.2) is 0 Å². The summed E-state index contributed by atoms with van der Waals surface area (Å²) < 4.78 is 2.58. The molecule has 0 saturated carbocycles. The Morgan fingerprint density at radius 1 is 0.593 bits per heavy atom. The highest BCUT2D eigenvalue weighted by atomic mass is 32.1. The average Bonchev–Trinajstić information content (AvgIpc) is 3.25. The molecule has 2 nitrogen and oxygen atoms in total. The van der Waals surface area contributed by atoms with E-state index in [-0.39, 0.29) is 5.78 Å². The summed E-state index contributed by atoms with van der Waals surface area (Å²) in [4.78, 5) is 16.3. The van der Waals surface area contributed by atoms with Gasteiger partial charge in [0.1, 0.15) is 0 Å². The zero-order valence-electron chi connectivity index (χ0n) is 14.4. The van der Waals surface area contributed by atoms with Crippen LogP contribution >= 0.6 is 11.3 Å². The van der Waals surface area contributed by atoms with E-state index in [1.54, 1.807) is 11.3 Å². The number of ketones is 1. The third-order valence-corrected chi connectivity index (χ3v) is 5.89. The third-order valence-electron chi connectivity index (χ3n) is 4.77. The molecule has 0 N–H and O–H groups in total. The molecule has 0 spiro atoms. The van der Waals surface area contributed by atoms with E-state index in [0.29, 0.717) is 0 Å². The standard InChI is InChI=1S/C13H8O.C11H7NS/c14-13-11-7-3-1-5-9(11)10-6-2-4-8-12(10)13;1-2-5-9-8(4-1)11-10(13-9)6-3-7-12-11/h1-8H;1-7H. The van der Waals surface area contributed by atoms with Crippen LogP contribution in [0.4, 0.5) is 0 Å². The summed E-state index contributed by atoms with van der Waals surface area (Å²) in [6.07, 6.45) is 1.85. The fourth-order valence-electron chi connectivity index (χ4n) is 3.52. The fraction of sp³-hybridized carbons (Fsp3) is 0. The van der Waals surface area contributed by atoms with Crippen molar-refractivity contribution in [1.82, 2.24) is 4.98 Å². The first-order valence-electron chi connectivity index (χ1n) is 8.78. The molecule has 0 bridgehead atoms. The van der Waals surface area contributed by atoms with E-state index in [0.717, 1.165) is 27.8 Å². The van der Waals surface area contributed by atoms with Gasteiger partial charge in [0.15, 0.2) is 5.78 Å². The van der Waals surface area contributed by atoms with Gasteiger partial charge < -0.3 is 0 Å². The van der Waals surface area contributed by atoms with Gasteiger partial charge in [-0.2, -0.15) is 0 Å². The number of hydrogen-bond acceptors (Lipinski definition) is 3. The van der Waals surface area contributed by atoms with E-state index >= 15 is 0 Å². The number of pyridine rings is 1. The maximum Gasteiger partial charge on any atom is 0.194 e. The SMILES string of the molecule is O=C1c2ccccc2-c2ccccc21.c1ccc2c(c1)sc1cccnc12. The number of fused-ring (bicyclic) bond motifs is 6. The van der Waals surface area contributed by atoms with Gasteiger partial charge >= 0.3 is 0 Å². The van der Waals surface area contributed by atoms with Gasteiger partial charge in [-0.3, -0.25) is 9.78 Å². The van der Waals surface area contributed by atoms with Crippen molar-refractivity contribution in [3.05, 3.63) is 102 Å². The zero-order chi connectivity index (χ0) is 18.2. The molecule has 0 unspecified atom stereocenters. The smallest absolute Gasteiger partial charge is 0.194 e. The maximum atomic E-state index is 11.9. The normalized spacial score (nSPS) is 11.8. The number of hydrogen-bond donors (Lipinski definition) is 0. The Kier molecular flexibility index (Phi) is 3.80. The molecule has 0 saturated heterocycles. The van der Waals surface area contributed by atoms with Crippen LogP contribution in [0.25, 0.3) is 31.4 Å². The second kappa shape index (κ2) is 6.45. The van der Waals surface area contributed by atoms with Crippen LogP contribution in [0.2, 0.25) is 0 Å². The van der Waals surface area contributed by atoms with Gasteiger partial charge in [-0.05, 0) is 29.3 Å². The monoisotopic (exact) mass is 365 g/mol. The second-order valence-electron chi connectivity index (χ2n) is 6.37. The Balaban J connectivity index is 0.000000119. The molecule has 2 aromatic heterocycles. The molecule has 0 radical (unpaired) electrons. The van der Waals surface area contributed by atoms with Crippen molar-refractivity contribution in [3.8, 4) is 11.1 Å². The van der Waals surface area contributed by atoms with Crippen molar-refractivity contribution in [2.75, 3.05) is 0 Å². The summed E-state index contributed by atoms with van der Waals surface area (Å²) in [5.74, 6) is 0.149. The molecule has 6 rings (SSSR count). The minimum atomic E-state index is 0.149. The van der Waals surface area contributed by atoms with Crippen LogP contribution < -0.4 is 0 Å². The first kappa shape index (κ1) is 15.9. The van der Waals surface area contributed by atoms with Crippen molar-refractivity contribution in [1.29, 1.82) is 0 Å². The van der Waals surface area contributed by atoms with E-state index in [4.69, 9.17) is 0 Å². The molecule has 0 amide bonds. The lowest BCUT2D eigenvalue weighted by atomic mass is 10.1. The maximum absolute atomic E-state index is 11.9. The quantitative estimate of drug-likeness (QED) is 0.314. The van der Waals surface area contributed by atoms with E-state index in [2.05, 4.69) is 35.3 Å². The molecule has 128 valence electrons. The minimum Gasteiger partial charge on any atom is -0.289 e. The Bertz CT molecular complexity index is 1200. The first-order valence-corrected chi connectivity index (χ1v) is 9.60. The molecule has 0 atom stereocenters. The number of benzene rings is 3. The van der Waals surface area contributed by atoms with Gasteiger partial charge in [0.25, 0.3) is 0 Å². The Labute approximate surface area is 160 Å². The van der Waals surface area contributed by atoms with Crippen LogP contribution in [0.1, 0.15) is 15.9 Å². The first-order chi connectivity index (χ1) is 13.3. The van der Waals surface area contributed by atoms with Crippen molar-refractivity contribution in [2.24, 2.45) is 0 Å². The van der Waals surface area contributed by atoms with Gasteiger partial charge in [0.2, 0.25) is 0 Å². The number of rotatable bonds is 0. The van der Waals surface area contributed by atoms with Crippen LogP contribution in [0.15, 0.2) is 91.1 Å². The zero-order valence-corrected chi connectivity index (χ0v) is 15.2. The Morgan fingerprint density at radius 3 is 1.85 bits per heavy atom. The largest absolute Gasteiger partial charge is 0.289 e. The highest BCUT2D eigenvalue weighted by Crippen LogP contribution is 2.35. The number of thiophene rings is 1. The van der Waals surface area contributed by atoms with Crippen LogP contribution in [0, 0.1) is 0 Å². The third kappa shape index (κ3) is 2.64. The van der Waals surface area contributed by atoms with Crippen molar-refractivity contribution >= 4 is 37.4 Å². The van der Waals surface area contributed by atoms with Crippen LogP contribution in [-0.4, -0.2) is 10.8 Å². The number of aromatic nitrogens is 1. The molecule has 1 aliphatic carbocycles. The molecule has 1 aliphatic rings. The van der Waals surface area contributed by atoms with Gasteiger partial charge in [-0.1, -0.05) is 66.7 Å². The van der Waals surface area contributed by atoms with E-state index in [9.17, 15) is 4.79 Å². The molecule has 0 fully saturated rings. The van der Waals surface area contributed by atoms with E-state index in [1.165, 1.54) is 14.8 Å². The average molecular weight is 365 g/mol.